The quantitative estimate of drug-likeness (QED) is 0.471. The molecule has 9 heteroatoms. The second-order valence-corrected chi connectivity index (χ2v) is 7.21. The molecule has 0 unspecified atom stereocenters. The summed E-state index contributed by atoms with van der Waals surface area (Å²) in [6, 6.07) is 12.0. The Morgan fingerprint density at radius 2 is 1.81 bits per heavy atom. The number of ether oxygens (including phenoxy) is 2. The van der Waals surface area contributed by atoms with Crippen LogP contribution in [0, 0.1) is 0 Å². The molecule has 0 saturated heterocycles. The highest BCUT2D eigenvalue weighted by Crippen LogP contribution is 2.36. The van der Waals surface area contributed by atoms with Crippen LogP contribution in [0.15, 0.2) is 56.6 Å². The largest absolute Gasteiger partial charge is 0.493 e. The van der Waals surface area contributed by atoms with Crippen LogP contribution in [0.3, 0.4) is 0 Å². The minimum atomic E-state index is -0.433. The summed E-state index contributed by atoms with van der Waals surface area (Å²) in [6.45, 7) is 3.61. The molecule has 2 aromatic heterocycles. The average Bonchev–Trinajstić information content (AvgIpc) is 3.24. The van der Waals surface area contributed by atoms with E-state index in [1.807, 2.05) is 0 Å². The summed E-state index contributed by atoms with van der Waals surface area (Å²) >= 11 is 0. The first kappa shape index (κ1) is 20.4. The highest BCUT2D eigenvalue weighted by molar-refractivity contribution is 5.78. The molecule has 4 rings (SSSR count). The van der Waals surface area contributed by atoms with Gasteiger partial charge in [-0.15, -0.1) is 0 Å². The van der Waals surface area contributed by atoms with Crippen molar-refractivity contribution in [2.45, 2.75) is 26.4 Å². The van der Waals surface area contributed by atoms with Crippen LogP contribution in [-0.2, 0) is 6.54 Å². The second-order valence-electron chi connectivity index (χ2n) is 7.21. The number of aromatic nitrogens is 4. The molecule has 0 spiro atoms. The molecule has 0 aliphatic heterocycles. The monoisotopic (exact) mass is 422 g/mol. The molecule has 160 valence electrons. The summed E-state index contributed by atoms with van der Waals surface area (Å²) in [5, 5.41) is 4.49. The van der Waals surface area contributed by atoms with Gasteiger partial charge in [-0.2, -0.15) is 4.98 Å². The van der Waals surface area contributed by atoms with Gasteiger partial charge in [-0.25, -0.2) is 4.79 Å². The zero-order chi connectivity index (χ0) is 22.1. The summed E-state index contributed by atoms with van der Waals surface area (Å²) in [6.07, 6.45) is 0. The third kappa shape index (κ3) is 3.48. The van der Waals surface area contributed by atoms with Gasteiger partial charge in [0.25, 0.3) is 5.56 Å². The lowest BCUT2D eigenvalue weighted by atomic mass is 10.1. The first-order valence-corrected chi connectivity index (χ1v) is 9.74. The van der Waals surface area contributed by atoms with Gasteiger partial charge in [-0.05, 0) is 38.1 Å². The lowest BCUT2D eigenvalue weighted by Crippen LogP contribution is -2.41. The van der Waals surface area contributed by atoms with Crippen LogP contribution < -0.4 is 20.7 Å². The molecule has 31 heavy (non-hydrogen) atoms. The van der Waals surface area contributed by atoms with Gasteiger partial charge in [0, 0.05) is 6.04 Å². The van der Waals surface area contributed by atoms with Gasteiger partial charge >= 0.3 is 5.69 Å². The Kier molecular flexibility index (Phi) is 5.33. The van der Waals surface area contributed by atoms with Crippen LogP contribution in [0.5, 0.6) is 11.5 Å². The number of nitrogens with zero attached hydrogens (tertiary/aromatic N) is 4. The Morgan fingerprint density at radius 1 is 1.03 bits per heavy atom. The molecule has 0 amide bonds. The molecule has 4 aromatic rings. The summed E-state index contributed by atoms with van der Waals surface area (Å²) < 4.78 is 18.9. The number of rotatable bonds is 6. The van der Waals surface area contributed by atoms with Gasteiger partial charge in [0.05, 0.1) is 30.7 Å². The predicted octanol–water partition coefficient (Wildman–Crippen LogP) is 2.86. The van der Waals surface area contributed by atoms with E-state index in [4.69, 9.17) is 14.0 Å². The third-order valence-electron chi connectivity index (χ3n) is 5.00. The highest BCUT2D eigenvalue weighted by atomic mass is 16.5. The van der Waals surface area contributed by atoms with E-state index >= 15 is 0 Å². The minimum absolute atomic E-state index is 0.0195. The number of benzene rings is 2. The van der Waals surface area contributed by atoms with Crippen LogP contribution in [0.1, 0.15) is 25.8 Å². The van der Waals surface area contributed by atoms with E-state index in [1.54, 1.807) is 63.4 Å². The van der Waals surface area contributed by atoms with Crippen molar-refractivity contribution in [1.29, 1.82) is 0 Å². The molecule has 0 aliphatic carbocycles. The predicted molar refractivity (Wildman–Crippen MR) is 115 cm³/mol. The number of fused-ring (bicyclic) bond motifs is 1. The zero-order valence-electron chi connectivity index (χ0n) is 17.7. The fraction of sp³-hybridized carbons (Fsp3) is 0.273. The molecule has 0 bridgehead atoms. The molecule has 0 fully saturated rings. The van der Waals surface area contributed by atoms with Crippen molar-refractivity contribution in [3.05, 3.63) is 69.2 Å². The second kappa shape index (κ2) is 8.10. The van der Waals surface area contributed by atoms with Crippen LogP contribution >= 0.6 is 0 Å². The summed E-state index contributed by atoms with van der Waals surface area (Å²) in [4.78, 5) is 30.3. The summed E-state index contributed by atoms with van der Waals surface area (Å²) in [7, 11) is 3.08. The maximum absolute atomic E-state index is 13.1. The lowest BCUT2D eigenvalue weighted by Gasteiger charge is -2.14. The molecule has 2 heterocycles. The standard InChI is InChI=1S/C22H22N4O5/c1-13(2)26-21(27)14-8-5-6-10-16(14)25(22(26)28)12-18-23-20(24-31-18)15-9-7-11-17(29-3)19(15)30-4/h5-11,13H,12H2,1-4H3. The smallest absolute Gasteiger partial charge is 0.332 e. The van der Waals surface area contributed by atoms with Gasteiger partial charge in [0.15, 0.2) is 11.5 Å². The normalized spacial score (nSPS) is 11.3. The number of hydrogen-bond acceptors (Lipinski definition) is 7. The fourth-order valence-corrected chi connectivity index (χ4v) is 3.57. The van der Waals surface area contributed by atoms with E-state index in [0.717, 1.165) is 0 Å². The molecule has 2 aromatic carbocycles. The van der Waals surface area contributed by atoms with E-state index in [-0.39, 0.29) is 24.0 Å². The van der Waals surface area contributed by atoms with Gasteiger partial charge in [-0.1, -0.05) is 23.4 Å². The van der Waals surface area contributed by atoms with Crippen molar-refractivity contribution in [3.63, 3.8) is 0 Å². The third-order valence-corrected chi connectivity index (χ3v) is 5.00. The summed E-state index contributed by atoms with van der Waals surface area (Å²) in [5.74, 6) is 1.55. The van der Waals surface area contributed by atoms with Crippen molar-refractivity contribution >= 4 is 10.9 Å². The molecular weight excluding hydrogens is 400 g/mol. The number of methoxy groups -OCH3 is 2. The van der Waals surface area contributed by atoms with E-state index < -0.39 is 5.69 Å². The van der Waals surface area contributed by atoms with E-state index in [9.17, 15) is 9.59 Å². The Hall–Kier alpha value is -3.88. The first-order valence-electron chi connectivity index (χ1n) is 9.74. The van der Waals surface area contributed by atoms with Gasteiger partial charge < -0.3 is 14.0 Å². The van der Waals surface area contributed by atoms with Gasteiger partial charge in [0.2, 0.25) is 11.7 Å². The van der Waals surface area contributed by atoms with Gasteiger partial charge in [-0.3, -0.25) is 13.9 Å². The Bertz CT molecular complexity index is 1370. The Balaban J connectivity index is 1.82. The highest BCUT2D eigenvalue weighted by Gasteiger charge is 2.20. The van der Waals surface area contributed by atoms with Crippen molar-refractivity contribution in [2.24, 2.45) is 0 Å². The molecule has 0 radical (unpaired) electrons. The van der Waals surface area contributed by atoms with Crippen LogP contribution in [0.25, 0.3) is 22.3 Å². The molecule has 0 N–H and O–H groups in total. The average molecular weight is 422 g/mol. The van der Waals surface area contributed by atoms with E-state index in [0.29, 0.717) is 33.8 Å². The minimum Gasteiger partial charge on any atom is -0.493 e. The number of para-hydroxylation sites is 2. The SMILES string of the molecule is COc1cccc(-c2noc(Cn3c(=O)n(C(C)C)c(=O)c4ccccc43)n2)c1OC. The van der Waals surface area contributed by atoms with E-state index in [1.165, 1.54) is 16.2 Å². The van der Waals surface area contributed by atoms with Crippen molar-refractivity contribution in [2.75, 3.05) is 14.2 Å². The van der Waals surface area contributed by atoms with Gasteiger partial charge in [0.1, 0.15) is 6.54 Å². The van der Waals surface area contributed by atoms with Crippen LogP contribution in [0.4, 0.5) is 0 Å². The molecule has 0 atom stereocenters. The van der Waals surface area contributed by atoms with E-state index in [2.05, 4.69) is 10.1 Å². The van der Waals surface area contributed by atoms with Crippen molar-refractivity contribution < 1.29 is 14.0 Å². The maximum atomic E-state index is 13.1. The molecule has 0 aliphatic rings. The Morgan fingerprint density at radius 3 is 2.52 bits per heavy atom. The maximum Gasteiger partial charge on any atom is 0.332 e. The zero-order valence-corrected chi connectivity index (χ0v) is 17.7. The fourth-order valence-electron chi connectivity index (χ4n) is 3.57. The topological polar surface area (TPSA) is 101 Å². The Labute approximate surface area is 177 Å². The van der Waals surface area contributed by atoms with Crippen molar-refractivity contribution in [3.8, 4) is 22.9 Å². The lowest BCUT2D eigenvalue weighted by molar-refractivity contribution is 0.354. The van der Waals surface area contributed by atoms with Crippen molar-refractivity contribution in [1.82, 2.24) is 19.3 Å². The molecule has 0 saturated carbocycles. The van der Waals surface area contributed by atoms with Crippen LogP contribution in [0.2, 0.25) is 0 Å². The molecular formula is C22H22N4O5. The molecule has 9 nitrogen and oxygen atoms in total. The summed E-state index contributed by atoms with van der Waals surface area (Å²) in [5.41, 5.74) is 0.353. The first-order chi connectivity index (χ1) is 15.0. The number of hydrogen-bond donors (Lipinski definition) is 0. The van der Waals surface area contributed by atoms with Crippen LogP contribution in [-0.4, -0.2) is 33.5 Å².